The molecular weight excluding hydrogens is 306 g/mol. The molecular formula is C18H21N3OS. The molecule has 5 heteroatoms. The highest BCUT2D eigenvalue weighted by Gasteiger charge is 2.08. The van der Waals surface area contributed by atoms with Crippen molar-refractivity contribution in [2.24, 2.45) is 0 Å². The van der Waals surface area contributed by atoms with Gasteiger partial charge in [-0.25, -0.2) is 0 Å². The summed E-state index contributed by atoms with van der Waals surface area (Å²) in [6, 6.07) is 7.87. The summed E-state index contributed by atoms with van der Waals surface area (Å²) in [5.74, 6) is 0.488. The first-order chi connectivity index (χ1) is 11.3. The van der Waals surface area contributed by atoms with E-state index in [0.717, 1.165) is 28.8 Å². The predicted molar refractivity (Wildman–Crippen MR) is 94.4 cm³/mol. The first-order valence-electron chi connectivity index (χ1n) is 8.11. The molecule has 1 amide bonds. The number of carbonyl (C=O) groups excluding carboxylic acids is 1. The van der Waals surface area contributed by atoms with Crippen LogP contribution in [-0.4, -0.2) is 28.4 Å². The minimum absolute atomic E-state index is 0.0762. The molecule has 3 rings (SSSR count). The number of fused-ring (bicyclic) bond motifs is 1. The number of hydrogen-bond acceptors (Lipinski definition) is 4. The second kappa shape index (κ2) is 8.11. The standard InChI is InChI=1S/C18H21N3OS/c22-18(19-11-10-14-6-2-1-3-7-14)13-23-17-12-20-21-16-9-5-4-8-15(16)17/h4-6,8-9,12H,1-3,7,10-11,13H2,(H,19,22). The first-order valence-corrected chi connectivity index (χ1v) is 9.09. The predicted octanol–water partition coefficient (Wildman–Crippen LogP) is 3.73. The summed E-state index contributed by atoms with van der Waals surface area (Å²) in [5, 5.41) is 12.2. The van der Waals surface area contributed by atoms with Crippen molar-refractivity contribution in [3.8, 4) is 0 Å². The lowest BCUT2D eigenvalue weighted by Gasteiger charge is -2.13. The number of aromatic nitrogens is 2. The molecule has 1 aliphatic rings. The second-order valence-electron chi connectivity index (χ2n) is 5.72. The van der Waals surface area contributed by atoms with Gasteiger partial charge in [0.2, 0.25) is 5.91 Å². The van der Waals surface area contributed by atoms with Crippen molar-refractivity contribution in [3.05, 3.63) is 42.1 Å². The Kier molecular flexibility index (Phi) is 5.64. The summed E-state index contributed by atoms with van der Waals surface area (Å²) in [5.41, 5.74) is 2.36. The molecule has 0 saturated carbocycles. The van der Waals surface area contributed by atoms with Gasteiger partial charge in [-0.2, -0.15) is 10.2 Å². The Bertz CT molecular complexity index is 709. The van der Waals surface area contributed by atoms with Crippen LogP contribution in [0.3, 0.4) is 0 Å². The number of nitrogens with zero attached hydrogens (tertiary/aromatic N) is 2. The monoisotopic (exact) mass is 327 g/mol. The summed E-state index contributed by atoms with van der Waals surface area (Å²) in [6.07, 6.45) is 10.0. The highest BCUT2D eigenvalue weighted by molar-refractivity contribution is 8.00. The Labute approximate surface area is 140 Å². The Balaban J connectivity index is 1.47. The quantitative estimate of drug-likeness (QED) is 0.649. The molecule has 0 fully saturated rings. The van der Waals surface area contributed by atoms with Gasteiger partial charge in [-0.05, 0) is 38.2 Å². The number of carbonyl (C=O) groups is 1. The molecule has 0 unspecified atom stereocenters. The van der Waals surface area contributed by atoms with E-state index in [0.29, 0.717) is 5.75 Å². The van der Waals surface area contributed by atoms with Gasteiger partial charge in [0.1, 0.15) is 0 Å². The average Bonchev–Trinajstić information content (AvgIpc) is 2.61. The van der Waals surface area contributed by atoms with Gasteiger partial charge in [0.15, 0.2) is 0 Å². The average molecular weight is 327 g/mol. The second-order valence-corrected chi connectivity index (χ2v) is 6.74. The normalized spacial score (nSPS) is 14.5. The van der Waals surface area contributed by atoms with Gasteiger partial charge < -0.3 is 5.32 Å². The highest BCUT2D eigenvalue weighted by atomic mass is 32.2. The maximum atomic E-state index is 12.0. The van der Waals surface area contributed by atoms with Crippen LogP contribution in [-0.2, 0) is 4.79 Å². The zero-order valence-electron chi connectivity index (χ0n) is 13.1. The molecule has 0 saturated heterocycles. The fourth-order valence-corrected chi connectivity index (χ4v) is 3.62. The van der Waals surface area contributed by atoms with Crippen molar-refractivity contribution in [3.63, 3.8) is 0 Å². The lowest BCUT2D eigenvalue weighted by atomic mass is 9.97. The van der Waals surface area contributed by atoms with E-state index in [1.54, 1.807) is 6.20 Å². The molecule has 1 N–H and O–H groups in total. The lowest BCUT2D eigenvalue weighted by molar-refractivity contribution is -0.118. The van der Waals surface area contributed by atoms with Crippen molar-refractivity contribution >= 4 is 28.6 Å². The van der Waals surface area contributed by atoms with E-state index >= 15 is 0 Å². The Hall–Kier alpha value is -1.88. The Morgan fingerprint density at radius 3 is 3.04 bits per heavy atom. The molecule has 1 aromatic heterocycles. The van der Waals surface area contributed by atoms with Gasteiger partial charge in [-0.1, -0.05) is 29.8 Å². The Morgan fingerprint density at radius 2 is 2.17 bits per heavy atom. The largest absolute Gasteiger partial charge is 0.355 e. The van der Waals surface area contributed by atoms with E-state index < -0.39 is 0 Å². The van der Waals surface area contributed by atoms with Crippen LogP contribution in [0.4, 0.5) is 0 Å². The number of thioether (sulfide) groups is 1. The summed E-state index contributed by atoms with van der Waals surface area (Å²) in [6.45, 7) is 0.737. The van der Waals surface area contributed by atoms with Crippen molar-refractivity contribution < 1.29 is 4.79 Å². The molecule has 1 aromatic carbocycles. The molecule has 0 aliphatic heterocycles. The number of hydrogen-bond donors (Lipinski definition) is 1. The molecule has 0 radical (unpaired) electrons. The first kappa shape index (κ1) is 16.0. The van der Waals surface area contributed by atoms with Gasteiger partial charge in [0, 0.05) is 16.8 Å². The summed E-state index contributed by atoms with van der Waals surface area (Å²) in [7, 11) is 0. The van der Waals surface area contributed by atoms with E-state index in [1.165, 1.54) is 43.0 Å². The van der Waals surface area contributed by atoms with Gasteiger partial charge >= 0.3 is 0 Å². The van der Waals surface area contributed by atoms with Crippen molar-refractivity contribution in [1.29, 1.82) is 0 Å². The molecule has 2 aromatic rings. The van der Waals surface area contributed by atoms with Crippen molar-refractivity contribution in [2.45, 2.75) is 37.0 Å². The number of allylic oxidation sites excluding steroid dienone is 1. The zero-order valence-corrected chi connectivity index (χ0v) is 13.9. The maximum absolute atomic E-state index is 12.0. The van der Waals surface area contributed by atoms with E-state index in [-0.39, 0.29) is 5.91 Å². The van der Waals surface area contributed by atoms with Crippen LogP contribution < -0.4 is 5.32 Å². The fraction of sp³-hybridized carbons (Fsp3) is 0.389. The van der Waals surface area contributed by atoms with Gasteiger partial charge in [-0.3, -0.25) is 4.79 Å². The van der Waals surface area contributed by atoms with Crippen LogP contribution in [0.1, 0.15) is 32.1 Å². The van der Waals surface area contributed by atoms with Crippen LogP contribution in [0, 0.1) is 0 Å². The van der Waals surface area contributed by atoms with Gasteiger partial charge in [0.05, 0.1) is 17.5 Å². The minimum Gasteiger partial charge on any atom is -0.355 e. The SMILES string of the molecule is O=C(CSc1cnnc2ccccc12)NCCC1=CCCCC1. The number of amides is 1. The number of benzene rings is 1. The minimum atomic E-state index is 0.0762. The van der Waals surface area contributed by atoms with Crippen LogP contribution in [0.5, 0.6) is 0 Å². The molecule has 1 heterocycles. The third-order valence-electron chi connectivity index (χ3n) is 4.02. The van der Waals surface area contributed by atoms with Crippen LogP contribution in [0.15, 0.2) is 47.0 Å². The van der Waals surface area contributed by atoms with E-state index in [4.69, 9.17) is 0 Å². The number of rotatable bonds is 6. The molecule has 0 bridgehead atoms. The van der Waals surface area contributed by atoms with Crippen LogP contribution >= 0.6 is 11.8 Å². The highest BCUT2D eigenvalue weighted by Crippen LogP contribution is 2.25. The van der Waals surface area contributed by atoms with E-state index in [9.17, 15) is 4.79 Å². The fourth-order valence-electron chi connectivity index (χ4n) is 2.79. The third kappa shape index (κ3) is 4.55. The molecule has 1 aliphatic carbocycles. The Morgan fingerprint density at radius 1 is 1.26 bits per heavy atom. The van der Waals surface area contributed by atoms with Gasteiger partial charge in [0.25, 0.3) is 0 Å². The van der Waals surface area contributed by atoms with E-state index in [2.05, 4.69) is 21.6 Å². The molecule has 23 heavy (non-hydrogen) atoms. The van der Waals surface area contributed by atoms with Crippen LogP contribution in [0.2, 0.25) is 0 Å². The van der Waals surface area contributed by atoms with Crippen LogP contribution in [0.25, 0.3) is 10.9 Å². The molecule has 120 valence electrons. The topological polar surface area (TPSA) is 54.9 Å². The van der Waals surface area contributed by atoms with Crippen molar-refractivity contribution in [1.82, 2.24) is 15.5 Å². The molecule has 0 spiro atoms. The van der Waals surface area contributed by atoms with Gasteiger partial charge in [-0.15, -0.1) is 11.8 Å². The summed E-state index contributed by atoms with van der Waals surface area (Å²) < 4.78 is 0. The maximum Gasteiger partial charge on any atom is 0.230 e. The molecule has 0 atom stereocenters. The lowest BCUT2D eigenvalue weighted by Crippen LogP contribution is -2.26. The smallest absolute Gasteiger partial charge is 0.230 e. The van der Waals surface area contributed by atoms with E-state index in [1.807, 2.05) is 24.3 Å². The molecule has 4 nitrogen and oxygen atoms in total. The summed E-state index contributed by atoms with van der Waals surface area (Å²) >= 11 is 1.51. The summed E-state index contributed by atoms with van der Waals surface area (Å²) in [4.78, 5) is 13.0. The number of nitrogens with one attached hydrogen (secondary N) is 1. The van der Waals surface area contributed by atoms with Crippen molar-refractivity contribution in [2.75, 3.05) is 12.3 Å². The third-order valence-corrected chi connectivity index (χ3v) is 5.06. The zero-order chi connectivity index (χ0) is 15.9.